The minimum atomic E-state index is -0.898. The molecule has 1 N–H and O–H groups in total. The van der Waals surface area contributed by atoms with Crippen LogP contribution in [-0.2, 0) is 0 Å². The average molecular weight is 344 g/mol. The van der Waals surface area contributed by atoms with Gasteiger partial charge in [0.15, 0.2) is 11.6 Å². The third-order valence-electron chi connectivity index (χ3n) is 2.68. The highest BCUT2D eigenvalue weighted by Crippen LogP contribution is 2.24. The summed E-state index contributed by atoms with van der Waals surface area (Å²) in [6.07, 6.45) is 0. The number of carbonyl (C=O) groups excluding carboxylic acids is 1. The second-order valence-corrected chi connectivity index (χ2v) is 5.07. The van der Waals surface area contributed by atoms with Crippen molar-refractivity contribution in [3.05, 3.63) is 63.4 Å². The SMILES string of the molecule is Cc1cc(F)ccc1C(=O)Nc1c(F)cc(Br)cc1F. The fourth-order valence-electron chi connectivity index (χ4n) is 1.72. The minimum absolute atomic E-state index is 0.146. The van der Waals surface area contributed by atoms with E-state index in [4.69, 9.17) is 0 Å². The van der Waals surface area contributed by atoms with Crippen LogP contribution in [0, 0.1) is 24.4 Å². The standard InChI is InChI=1S/C14H9BrF3NO/c1-7-4-9(16)2-3-10(7)14(20)19-13-11(17)5-8(15)6-12(13)18/h2-6H,1H3,(H,19,20). The van der Waals surface area contributed by atoms with Crippen LogP contribution in [0.25, 0.3) is 0 Å². The van der Waals surface area contributed by atoms with Gasteiger partial charge in [0.2, 0.25) is 0 Å². The molecule has 0 aromatic heterocycles. The molecule has 0 aliphatic carbocycles. The van der Waals surface area contributed by atoms with Crippen LogP contribution < -0.4 is 5.32 Å². The monoisotopic (exact) mass is 343 g/mol. The number of hydrogen-bond acceptors (Lipinski definition) is 1. The summed E-state index contributed by atoms with van der Waals surface area (Å²) in [6, 6.07) is 5.61. The molecule has 0 heterocycles. The van der Waals surface area contributed by atoms with Gasteiger partial charge in [0.1, 0.15) is 11.5 Å². The lowest BCUT2D eigenvalue weighted by Crippen LogP contribution is -2.15. The van der Waals surface area contributed by atoms with Gasteiger partial charge >= 0.3 is 0 Å². The summed E-state index contributed by atoms with van der Waals surface area (Å²) in [6.45, 7) is 1.53. The number of halogens is 4. The smallest absolute Gasteiger partial charge is 0.256 e. The van der Waals surface area contributed by atoms with Gasteiger partial charge in [0.05, 0.1) is 0 Å². The molecule has 0 atom stereocenters. The normalized spacial score (nSPS) is 10.4. The molecule has 2 nitrogen and oxygen atoms in total. The first-order chi connectivity index (χ1) is 9.38. The Morgan fingerprint density at radius 3 is 2.25 bits per heavy atom. The fourth-order valence-corrected chi connectivity index (χ4v) is 2.13. The number of aryl methyl sites for hydroxylation is 1. The average Bonchev–Trinajstić information content (AvgIpc) is 2.33. The third-order valence-corrected chi connectivity index (χ3v) is 3.14. The van der Waals surface area contributed by atoms with E-state index < -0.39 is 29.0 Å². The van der Waals surface area contributed by atoms with Crippen molar-refractivity contribution in [1.82, 2.24) is 0 Å². The molecular formula is C14H9BrF3NO. The zero-order chi connectivity index (χ0) is 14.9. The van der Waals surface area contributed by atoms with E-state index in [2.05, 4.69) is 21.2 Å². The van der Waals surface area contributed by atoms with Gasteiger partial charge in [-0.1, -0.05) is 15.9 Å². The van der Waals surface area contributed by atoms with E-state index in [0.717, 1.165) is 18.2 Å². The molecule has 2 aromatic rings. The van der Waals surface area contributed by atoms with Crippen LogP contribution in [0.4, 0.5) is 18.9 Å². The van der Waals surface area contributed by atoms with Gasteiger partial charge in [-0.2, -0.15) is 0 Å². The van der Waals surface area contributed by atoms with Crippen molar-refractivity contribution in [3.8, 4) is 0 Å². The first kappa shape index (κ1) is 14.6. The van der Waals surface area contributed by atoms with E-state index in [1.54, 1.807) is 0 Å². The predicted octanol–water partition coefficient (Wildman–Crippen LogP) is 4.43. The maximum absolute atomic E-state index is 13.6. The molecule has 6 heteroatoms. The summed E-state index contributed by atoms with van der Waals surface area (Å²) in [5, 5.41) is 2.15. The highest BCUT2D eigenvalue weighted by molar-refractivity contribution is 9.10. The maximum atomic E-state index is 13.6. The molecule has 0 saturated heterocycles. The fraction of sp³-hybridized carbons (Fsp3) is 0.0714. The molecule has 0 aliphatic rings. The highest BCUT2D eigenvalue weighted by atomic mass is 79.9. The number of anilines is 1. The van der Waals surface area contributed by atoms with Gasteiger partial charge in [-0.05, 0) is 42.8 Å². The Morgan fingerprint density at radius 2 is 1.70 bits per heavy atom. The molecule has 20 heavy (non-hydrogen) atoms. The van der Waals surface area contributed by atoms with Crippen LogP contribution in [0.15, 0.2) is 34.8 Å². The van der Waals surface area contributed by atoms with Gasteiger partial charge in [0.25, 0.3) is 5.91 Å². The Bertz CT molecular complexity index is 665. The molecule has 0 aliphatic heterocycles. The molecule has 1 amide bonds. The number of carbonyl (C=O) groups is 1. The number of rotatable bonds is 2. The molecule has 0 radical (unpaired) electrons. The lowest BCUT2D eigenvalue weighted by molar-refractivity contribution is 0.102. The second-order valence-electron chi connectivity index (χ2n) is 4.16. The van der Waals surface area contributed by atoms with Gasteiger partial charge < -0.3 is 5.32 Å². The summed E-state index contributed by atoms with van der Waals surface area (Å²) < 4.78 is 40.4. The summed E-state index contributed by atoms with van der Waals surface area (Å²) in [5.41, 5.74) is -0.0181. The van der Waals surface area contributed by atoms with Gasteiger partial charge in [-0.25, -0.2) is 13.2 Å². The summed E-state index contributed by atoms with van der Waals surface area (Å²) in [4.78, 5) is 12.0. The lowest BCUT2D eigenvalue weighted by atomic mass is 10.1. The quantitative estimate of drug-likeness (QED) is 0.858. The Balaban J connectivity index is 2.33. The van der Waals surface area contributed by atoms with Crippen molar-refractivity contribution in [3.63, 3.8) is 0 Å². The molecule has 2 aromatic carbocycles. The van der Waals surface area contributed by atoms with E-state index >= 15 is 0 Å². The Hall–Kier alpha value is -1.82. The van der Waals surface area contributed by atoms with Crippen molar-refractivity contribution in [2.45, 2.75) is 6.92 Å². The van der Waals surface area contributed by atoms with E-state index in [1.165, 1.54) is 19.1 Å². The van der Waals surface area contributed by atoms with Crippen molar-refractivity contribution >= 4 is 27.5 Å². The van der Waals surface area contributed by atoms with E-state index in [1.807, 2.05) is 0 Å². The minimum Gasteiger partial charge on any atom is -0.317 e. The first-order valence-electron chi connectivity index (χ1n) is 5.60. The topological polar surface area (TPSA) is 29.1 Å². The zero-order valence-corrected chi connectivity index (χ0v) is 11.9. The molecular weight excluding hydrogens is 335 g/mol. The Kier molecular flexibility index (Phi) is 4.13. The predicted molar refractivity (Wildman–Crippen MR) is 73.1 cm³/mol. The summed E-state index contributed by atoms with van der Waals surface area (Å²) in [5.74, 6) is -2.99. The Labute approximate surface area is 121 Å². The number of hydrogen-bond donors (Lipinski definition) is 1. The van der Waals surface area contributed by atoms with Crippen LogP contribution >= 0.6 is 15.9 Å². The van der Waals surface area contributed by atoms with Crippen molar-refractivity contribution in [1.29, 1.82) is 0 Å². The van der Waals surface area contributed by atoms with E-state index in [-0.39, 0.29) is 10.0 Å². The van der Waals surface area contributed by atoms with E-state index in [0.29, 0.717) is 5.56 Å². The van der Waals surface area contributed by atoms with Gasteiger partial charge in [0, 0.05) is 10.0 Å². The summed E-state index contributed by atoms with van der Waals surface area (Å²) >= 11 is 2.94. The molecule has 0 saturated carbocycles. The first-order valence-corrected chi connectivity index (χ1v) is 6.40. The number of benzene rings is 2. The largest absolute Gasteiger partial charge is 0.317 e. The lowest BCUT2D eigenvalue weighted by Gasteiger charge is -2.10. The Morgan fingerprint density at radius 1 is 1.10 bits per heavy atom. The van der Waals surface area contributed by atoms with Crippen LogP contribution in [0.3, 0.4) is 0 Å². The van der Waals surface area contributed by atoms with Crippen molar-refractivity contribution in [2.75, 3.05) is 5.32 Å². The molecule has 2 rings (SSSR count). The molecule has 0 bridgehead atoms. The second kappa shape index (κ2) is 5.66. The summed E-state index contributed by atoms with van der Waals surface area (Å²) in [7, 11) is 0. The van der Waals surface area contributed by atoms with E-state index in [9.17, 15) is 18.0 Å². The zero-order valence-electron chi connectivity index (χ0n) is 10.3. The van der Waals surface area contributed by atoms with Crippen LogP contribution in [0.5, 0.6) is 0 Å². The number of nitrogens with one attached hydrogen (secondary N) is 1. The molecule has 0 spiro atoms. The van der Waals surface area contributed by atoms with Crippen LogP contribution in [0.2, 0.25) is 0 Å². The van der Waals surface area contributed by atoms with Crippen LogP contribution in [-0.4, -0.2) is 5.91 Å². The van der Waals surface area contributed by atoms with Crippen molar-refractivity contribution in [2.24, 2.45) is 0 Å². The van der Waals surface area contributed by atoms with Crippen LogP contribution in [0.1, 0.15) is 15.9 Å². The molecule has 104 valence electrons. The highest BCUT2D eigenvalue weighted by Gasteiger charge is 2.16. The van der Waals surface area contributed by atoms with Gasteiger partial charge in [-0.3, -0.25) is 4.79 Å². The van der Waals surface area contributed by atoms with Gasteiger partial charge in [-0.15, -0.1) is 0 Å². The molecule has 0 unspecified atom stereocenters. The molecule has 0 fully saturated rings. The number of amides is 1. The maximum Gasteiger partial charge on any atom is 0.256 e. The van der Waals surface area contributed by atoms with Crippen molar-refractivity contribution < 1.29 is 18.0 Å². The third kappa shape index (κ3) is 3.01.